The average Bonchev–Trinajstić information content (AvgIpc) is 2.52. The number of benzene rings is 2. The Hall–Kier alpha value is -2.40. The zero-order valence-electron chi connectivity index (χ0n) is 12.2. The van der Waals surface area contributed by atoms with Crippen LogP contribution in [-0.2, 0) is 4.57 Å². The maximum absolute atomic E-state index is 12.2. The number of hydrogen-bond donors (Lipinski definition) is 2. The molecule has 2 aromatic rings. The molecule has 0 aliphatic carbocycles. The van der Waals surface area contributed by atoms with Gasteiger partial charge in [0, 0.05) is 0 Å². The zero-order chi connectivity index (χ0) is 16.9. The first-order chi connectivity index (χ1) is 10.9. The summed E-state index contributed by atoms with van der Waals surface area (Å²) in [6.07, 6.45) is 2.90. The van der Waals surface area contributed by atoms with E-state index in [4.69, 9.17) is 14.5 Å². The molecule has 0 aromatic heterocycles. The van der Waals surface area contributed by atoms with Gasteiger partial charge in [-0.15, -0.1) is 0 Å². The third-order valence-electron chi connectivity index (χ3n) is 2.91. The molecule has 0 fully saturated rings. The molecule has 2 N–H and O–H groups in total. The highest BCUT2D eigenvalue weighted by Gasteiger charge is 2.19. The molecule has 23 heavy (non-hydrogen) atoms. The van der Waals surface area contributed by atoms with Crippen molar-refractivity contribution in [3.8, 4) is 11.5 Å². The van der Waals surface area contributed by atoms with Gasteiger partial charge in [-0.25, -0.2) is 4.57 Å². The van der Waals surface area contributed by atoms with Crippen LogP contribution < -0.4 is 9.26 Å². The highest BCUT2D eigenvalue weighted by atomic mass is 31.2. The SMILES string of the molecule is COc1ccc(C=CC(=O)c2ccccc2OP(=O)(O)O)cc1. The molecule has 0 atom stereocenters. The van der Waals surface area contributed by atoms with Gasteiger partial charge in [-0.1, -0.05) is 30.3 Å². The molecule has 0 radical (unpaired) electrons. The number of rotatable bonds is 6. The van der Waals surface area contributed by atoms with Gasteiger partial charge in [-0.05, 0) is 35.9 Å². The summed E-state index contributed by atoms with van der Waals surface area (Å²) in [4.78, 5) is 30.0. The summed E-state index contributed by atoms with van der Waals surface area (Å²) in [5.74, 6) is 0.115. The van der Waals surface area contributed by atoms with Gasteiger partial charge in [0.15, 0.2) is 5.78 Å². The Balaban J connectivity index is 2.20. The predicted molar refractivity (Wildman–Crippen MR) is 85.5 cm³/mol. The number of ether oxygens (including phenoxy) is 1. The molecule has 0 saturated heterocycles. The van der Waals surface area contributed by atoms with E-state index in [0.29, 0.717) is 5.75 Å². The first-order valence-electron chi connectivity index (χ1n) is 6.60. The van der Waals surface area contributed by atoms with Crippen LogP contribution >= 0.6 is 7.82 Å². The van der Waals surface area contributed by atoms with Crippen LogP contribution in [0, 0.1) is 0 Å². The van der Waals surface area contributed by atoms with Crippen LogP contribution in [-0.4, -0.2) is 22.7 Å². The quantitative estimate of drug-likeness (QED) is 0.479. The third kappa shape index (κ3) is 5.07. The smallest absolute Gasteiger partial charge is 0.497 e. The highest BCUT2D eigenvalue weighted by Crippen LogP contribution is 2.39. The van der Waals surface area contributed by atoms with E-state index < -0.39 is 13.6 Å². The fourth-order valence-electron chi connectivity index (χ4n) is 1.85. The van der Waals surface area contributed by atoms with Crippen molar-refractivity contribution in [2.45, 2.75) is 0 Å². The Bertz CT molecular complexity index is 760. The number of carbonyl (C=O) groups excluding carboxylic acids is 1. The first-order valence-corrected chi connectivity index (χ1v) is 8.13. The van der Waals surface area contributed by atoms with Gasteiger partial charge in [0.05, 0.1) is 12.7 Å². The van der Waals surface area contributed by atoms with Crippen molar-refractivity contribution in [1.82, 2.24) is 0 Å². The van der Waals surface area contributed by atoms with Crippen LogP contribution in [0.25, 0.3) is 6.08 Å². The molecule has 2 rings (SSSR count). The minimum Gasteiger partial charge on any atom is -0.497 e. The number of carbonyl (C=O) groups is 1. The Labute approximate surface area is 133 Å². The maximum atomic E-state index is 12.2. The molecule has 0 heterocycles. The van der Waals surface area contributed by atoms with E-state index in [9.17, 15) is 9.36 Å². The van der Waals surface area contributed by atoms with E-state index in [0.717, 1.165) is 5.56 Å². The summed E-state index contributed by atoms with van der Waals surface area (Å²) < 4.78 is 20.5. The second-order valence-corrected chi connectivity index (χ2v) is 5.71. The van der Waals surface area contributed by atoms with Crippen LogP contribution in [0.3, 0.4) is 0 Å². The Morgan fingerprint density at radius 2 is 1.74 bits per heavy atom. The number of methoxy groups -OCH3 is 1. The lowest BCUT2D eigenvalue weighted by Crippen LogP contribution is -2.00. The fourth-order valence-corrected chi connectivity index (χ4v) is 2.27. The van der Waals surface area contributed by atoms with Crippen molar-refractivity contribution >= 4 is 19.7 Å². The number of ketones is 1. The van der Waals surface area contributed by atoms with E-state index in [1.165, 1.54) is 24.3 Å². The summed E-state index contributed by atoms with van der Waals surface area (Å²) in [7, 11) is -3.17. The van der Waals surface area contributed by atoms with Crippen molar-refractivity contribution in [3.63, 3.8) is 0 Å². The predicted octanol–water partition coefficient (Wildman–Crippen LogP) is 3.06. The molecular formula is C16H15O6P. The summed E-state index contributed by atoms with van der Waals surface area (Å²) in [6, 6.07) is 12.9. The van der Waals surface area contributed by atoms with Crippen molar-refractivity contribution in [3.05, 3.63) is 65.7 Å². The van der Waals surface area contributed by atoms with Crippen LogP contribution in [0.2, 0.25) is 0 Å². The van der Waals surface area contributed by atoms with Gasteiger partial charge in [0.25, 0.3) is 0 Å². The van der Waals surface area contributed by atoms with Gasteiger partial charge in [0.1, 0.15) is 11.5 Å². The molecule has 0 bridgehead atoms. The second-order valence-electron chi connectivity index (χ2n) is 4.55. The highest BCUT2D eigenvalue weighted by molar-refractivity contribution is 7.46. The third-order valence-corrected chi connectivity index (χ3v) is 3.35. The first kappa shape index (κ1) is 17.0. The topological polar surface area (TPSA) is 93.1 Å². The Morgan fingerprint density at radius 3 is 2.35 bits per heavy atom. The maximum Gasteiger partial charge on any atom is 0.524 e. The molecule has 0 aliphatic heterocycles. The van der Waals surface area contributed by atoms with Crippen LogP contribution in [0.5, 0.6) is 11.5 Å². The van der Waals surface area contributed by atoms with E-state index >= 15 is 0 Å². The molecule has 0 amide bonds. The monoisotopic (exact) mass is 334 g/mol. The van der Waals surface area contributed by atoms with Crippen molar-refractivity contribution < 1.29 is 28.4 Å². The molecule has 0 unspecified atom stereocenters. The van der Waals surface area contributed by atoms with Crippen LogP contribution in [0.15, 0.2) is 54.6 Å². The van der Waals surface area contributed by atoms with Crippen molar-refractivity contribution in [2.75, 3.05) is 7.11 Å². The zero-order valence-corrected chi connectivity index (χ0v) is 13.1. The minimum absolute atomic E-state index is 0.0700. The molecule has 7 heteroatoms. The summed E-state index contributed by atoms with van der Waals surface area (Å²) in [5, 5.41) is 0. The molecule has 120 valence electrons. The lowest BCUT2D eigenvalue weighted by Gasteiger charge is -2.09. The van der Waals surface area contributed by atoms with Gasteiger partial charge < -0.3 is 9.26 Å². The number of phosphoric acid groups is 1. The largest absolute Gasteiger partial charge is 0.524 e. The molecule has 6 nitrogen and oxygen atoms in total. The average molecular weight is 334 g/mol. The summed E-state index contributed by atoms with van der Waals surface area (Å²) in [5.41, 5.74) is 0.855. The fraction of sp³-hybridized carbons (Fsp3) is 0.0625. The van der Waals surface area contributed by atoms with Gasteiger partial charge in [-0.3, -0.25) is 14.6 Å². The van der Waals surface area contributed by atoms with E-state index in [1.54, 1.807) is 43.5 Å². The molecule has 2 aromatic carbocycles. The number of para-hydroxylation sites is 1. The van der Waals surface area contributed by atoms with E-state index in [2.05, 4.69) is 4.52 Å². The number of hydrogen-bond acceptors (Lipinski definition) is 4. The van der Waals surface area contributed by atoms with Gasteiger partial charge in [0.2, 0.25) is 0 Å². The number of phosphoric ester groups is 1. The lowest BCUT2D eigenvalue weighted by atomic mass is 10.1. The van der Waals surface area contributed by atoms with Gasteiger partial charge in [-0.2, -0.15) is 0 Å². The number of allylic oxidation sites excluding steroid dienone is 1. The summed E-state index contributed by atoms with van der Waals surface area (Å²) in [6.45, 7) is 0. The molecule has 0 spiro atoms. The molecule has 0 aliphatic rings. The van der Waals surface area contributed by atoms with Gasteiger partial charge >= 0.3 is 7.82 Å². The van der Waals surface area contributed by atoms with Crippen LogP contribution in [0.4, 0.5) is 0 Å². The van der Waals surface area contributed by atoms with Crippen LogP contribution in [0.1, 0.15) is 15.9 Å². The van der Waals surface area contributed by atoms with Crippen molar-refractivity contribution in [2.24, 2.45) is 0 Å². The van der Waals surface area contributed by atoms with Crippen molar-refractivity contribution in [1.29, 1.82) is 0 Å². The van der Waals surface area contributed by atoms with E-state index in [1.807, 2.05) is 0 Å². The second kappa shape index (κ2) is 7.24. The standard InChI is InChI=1S/C16H15O6P/c1-21-13-9-6-12(7-10-13)8-11-15(17)14-4-2-3-5-16(14)22-23(18,19)20/h2-11H,1H3,(H2,18,19,20). The minimum atomic E-state index is -4.73. The Morgan fingerprint density at radius 1 is 1.09 bits per heavy atom. The summed E-state index contributed by atoms with van der Waals surface area (Å²) >= 11 is 0. The Kier molecular flexibility index (Phi) is 5.34. The molecular weight excluding hydrogens is 319 g/mol. The van der Waals surface area contributed by atoms with E-state index in [-0.39, 0.29) is 11.3 Å². The normalized spacial score (nSPS) is 11.4. The molecule has 0 saturated carbocycles. The lowest BCUT2D eigenvalue weighted by molar-refractivity contribution is 0.104.